The third-order valence-corrected chi connectivity index (χ3v) is 2.79. The number of carboxylic acid groups (broad SMARTS) is 3. The smallest absolute Gasteiger partial charge is 0.308 e. The second-order valence-electron chi connectivity index (χ2n) is 9.13. The number of aliphatic carboxylic acids is 3. The molecular formula is C21H37O6Ti-. The van der Waals surface area contributed by atoms with E-state index < -0.39 is 34.2 Å². The van der Waals surface area contributed by atoms with Gasteiger partial charge in [-0.3, -0.25) is 20.5 Å². The predicted molar refractivity (Wildman–Crippen MR) is 107 cm³/mol. The van der Waals surface area contributed by atoms with Crippen LogP contribution in [0.1, 0.15) is 75.7 Å². The van der Waals surface area contributed by atoms with E-state index in [1.807, 2.05) is 0 Å². The van der Waals surface area contributed by atoms with Crippen LogP contribution in [0.25, 0.3) is 0 Å². The van der Waals surface area contributed by atoms with Crippen molar-refractivity contribution in [3.63, 3.8) is 0 Å². The molecule has 0 fully saturated rings. The second kappa shape index (κ2) is 14.6. The summed E-state index contributed by atoms with van der Waals surface area (Å²) in [5.41, 5.74) is -0.477. The van der Waals surface area contributed by atoms with Crippen molar-refractivity contribution in [2.75, 3.05) is 0 Å². The molecule has 0 amide bonds. The average Bonchev–Trinajstić information content (AvgIpc) is 2.88. The molecule has 0 spiro atoms. The van der Waals surface area contributed by atoms with Gasteiger partial charge in [-0.15, -0.1) is 6.42 Å². The molecule has 0 aromatic carbocycles. The first-order chi connectivity index (χ1) is 11.7. The van der Waals surface area contributed by atoms with E-state index in [1.54, 1.807) is 62.3 Å². The van der Waals surface area contributed by atoms with Crippen LogP contribution in [-0.2, 0) is 36.1 Å². The van der Waals surface area contributed by atoms with E-state index in [0.29, 0.717) is 0 Å². The Balaban J connectivity index is -0.000000136. The molecule has 0 saturated heterocycles. The van der Waals surface area contributed by atoms with Gasteiger partial charge in [0, 0.05) is 21.7 Å². The molecule has 0 saturated carbocycles. The molecule has 1 rings (SSSR count). The molecule has 0 heterocycles. The Morgan fingerprint density at radius 1 is 0.750 bits per heavy atom. The standard InChI is InChI=1S/C6H7.3C5H10O2.Ti/c1-6-4-2-3-5-6;3*1-5(2,3)4(6)7;/h2,4H,3H2,1H3;3*1-3H3,(H,6,7);/q-1;;;;. The molecule has 0 radical (unpaired) electrons. The van der Waals surface area contributed by atoms with Gasteiger partial charge in [-0.05, 0) is 62.3 Å². The maximum atomic E-state index is 10.0. The van der Waals surface area contributed by atoms with Crippen molar-refractivity contribution in [1.29, 1.82) is 0 Å². The van der Waals surface area contributed by atoms with Crippen molar-refractivity contribution in [3.8, 4) is 0 Å². The minimum absolute atomic E-state index is 0. The Morgan fingerprint density at radius 3 is 1.00 bits per heavy atom. The summed E-state index contributed by atoms with van der Waals surface area (Å²) in [4.78, 5) is 30.1. The Labute approximate surface area is 185 Å². The molecule has 1 aliphatic rings. The zero-order valence-corrected chi connectivity index (χ0v) is 20.5. The maximum Gasteiger partial charge on any atom is 0.308 e. The molecule has 6 nitrogen and oxygen atoms in total. The number of carbonyl (C=O) groups is 3. The van der Waals surface area contributed by atoms with Crippen molar-refractivity contribution >= 4 is 17.9 Å². The molecule has 0 aromatic heterocycles. The van der Waals surface area contributed by atoms with Crippen LogP contribution in [0.15, 0.2) is 17.7 Å². The van der Waals surface area contributed by atoms with Crippen molar-refractivity contribution in [2.45, 2.75) is 75.7 Å². The molecule has 0 atom stereocenters. The molecule has 28 heavy (non-hydrogen) atoms. The largest absolute Gasteiger partial charge is 0.481 e. The molecule has 3 N–H and O–H groups in total. The van der Waals surface area contributed by atoms with Crippen molar-refractivity contribution in [2.24, 2.45) is 16.2 Å². The summed E-state index contributed by atoms with van der Waals surface area (Å²) in [6.45, 7) is 17.0. The molecule has 162 valence electrons. The fourth-order valence-corrected chi connectivity index (χ4v) is 0.515. The SMILES string of the molecule is CC(C)(C)C(=O)O.CC(C)(C)C(=O)O.CC(C)(C)C(=O)O.CC1=[C-]CC=C1.[Ti]. The molecular weight excluding hydrogens is 396 g/mol. The van der Waals surface area contributed by atoms with Crippen LogP contribution in [0.4, 0.5) is 0 Å². The fourth-order valence-electron chi connectivity index (χ4n) is 0.515. The maximum absolute atomic E-state index is 10.0. The van der Waals surface area contributed by atoms with E-state index in [4.69, 9.17) is 15.3 Å². The Bertz CT molecular complexity index is 481. The van der Waals surface area contributed by atoms with E-state index in [1.165, 1.54) is 5.57 Å². The van der Waals surface area contributed by atoms with Crippen molar-refractivity contribution in [3.05, 3.63) is 23.8 Å². The zero-order chi connectivity index (χ0) is 22.6. The first-order valence-corrected chi connectivity index (χ1v) is 8.67. The van der Waals surface area contributed by atoms with E-state index >= 15 is 0 Å². The molecule has 0 aromatic rings. The van der Waals surface area contributed by atoms with Crippen LogP contribution < -0.4 is 0 Å². The van der Waals surface area contributed by atoms with Crippen LogP contribution in [0.2, 0.25) is 0 Å². The van der Waals surface area contributed by atoms with Crippen LogP contribution in [0, 0.1) is 22.3 Å². The number of carboxylic acids is 3. The predicted octanol–water partition coefficient (Wildman–Crippen LogP) is 5.04. The van der Waals surface area contributed by atoms with Gasteiger partial charge in [-0.25, -0.2) is 11.6 Å². The van der Waals surface area contributed by atoms with Gasteiger partial charge in [0.25, 0.3) is 0 Å². The van der Waals surface area contributed by atoms with E-state index in [-0.39, 0.29) is 21.7 Å². The van der Waals surface area contributed by atoms with Crippen molar-refractivity contribution < 1.29 is 51.4 Å². The van der Waals surface area contributed by atoms with Gasteiger partial charge < -0.3 is 15.3 Å². The average molecular weight is 433 g/mol. The Morgan fingerprint density at radius 2 is 0.964 bits per heavy atom. The summed E-state index contributed by atoms with van der Waals surface area (Å²) in [6, 6.07) is 0. The van der Waals surface area contributed by atoms with Gasteiger partial charge in [0.2, 0.25) is 0 Å². The number of hydrogen-bond acceptors (Lipinski definition) is 3. The second-order valence-corrected chi connectivity index (χ2v) is 9.13. The molecule has 0 unspecified atom stereocenters. The van der Waals surface area contributed by atoms with Crippen LogP contribution in [-0.4, -0.2) is 33.2 Å². The van der Waals surface area contributed by atoms with Gasteiger partial charge >= 0.3 is 17.9 Å². The van der Waals surface area contributed by atoms with Gasteiger partial charge in [-0.2, -0.15) is 6.08 Å². The summed E-state index contributed by atoms with van der Waals surface area (Å²) in [6.07, 6.45) is 8.33. The zero-order valence-electron chi connectivity index (χ0n) is 18.9. The molecule has 0 aliphatic heterocycles. The Hall–Kier alpha value is -1.40. The number of allylic oxidation sites excluding steroid dienone is 4. The summed E-state index contributed by atoms with van der Waals surface area (Å²) < 4.78 is 0. The quantitative estimate of drug-likeness (QED) is 0.364. The van der Waals surface area contributed by atoms with E-state index in [9.17, 15) is 14.4 Å². The summed E-state index contributed by atoms with van der Waals surface area (Å²) in [5, 5.41) is 24.8. The van der Waals surface area contributed by atoms with Gasteiger partial charge in [0.1, 0.15) is 0 Å². The summed E-state index contributed by atoms with van der Waals surface area (Å²) >= 11 is 0. The topological polar surface area (TPSA) is 112 Å². The number of hydrogen-bond donors (Lipinski definition) is 3. The monoisotopic (exact) mass is 433 g/mol. The minimum Gasteiger partial charge on any atom is -0.481 e. The normalized spacial score (nSPS) is 12.4. The van der Waals surface area contributed by atoms with Gasteiger partial charge in [0.15, 0.2) is 0 Å². The Kier molecular flexibility index (Phi) is 17.8. The fraction of sp³-hybridized carbons (Fsp3) is 0.667. The molecule has 0 bridgehead atoms. The van der Waals surface area contributed by atoms with Crippen molar-refractivity contribution in [1.82, 2.24) is 0 Å². The van der Waals surface area contributed by atoms with Gasteiger partial charge in [0.05, 0.1) is 16.2 Å². The first-order valence-electron chi connectivity index (χ1n) is 8.67. The van der Waals surface area contributed by atoms with Crippen LogP contribution in [0.3, 0.4) is 0 Å². The summed E-state index contributed by atoms with van der Waals surface area (Å²) in [5.74, 6) is -2.27. The first kappa shape index (κ1) is 34.1. The third kappa shape index (κ3) is 24.6. The number of rotatable bonds is 0. The summed E-state index contributed by atoms with van der Waals surface area (Å²) in [7, 11) is 0. The van der Waals surface area contributed by atoms with E-state index in [2.05, 4.69) is 25.2 Å². The van der Waals surface area contributed by atoms with E-state index in [0.717, 1.165) is 6.42 Å². The molecule has 7 heteroatoms. The van der Waals surface area contributed by atoms with Crippen LogP contribution in [0.5, 0.6) is 0 Å². The minimum atomic E-state index is -0.757. The van der Waals surface area contributed by atoms with Gasteiger partial charge in [-0.1, -0.05) is 6.92 Å². The third-order valence-electron chi connectivity index (χ3n) is 2.79. The van der Waals surface area contributed by atoms with Crippen LogP contribution >= 0.6 is 0 Å². The molecule has 1 aliphatic carbocycles.